The molecule has 1 N–H and O–H groups in total. The van der Waals surface area contributed by atoms with E-state index in [-0.39, 0.29) is 23.1 Å². The van der Waals surface area contributed by atoms with Crippen LogP contribution in [0.2, 0.25) is 10.0 Å². The number of hydrogen-bond donors (Lipinski definition) is 1. The fraction of sp³-hybridized carbons (Fsp3) is 0.538. The van der Waals surface area contributed by atoms with Gasteiger partial charge in [-0.3, -0.25) is 0 Å². The summed E-state index contributed by atoms with van der Waals surface area (Å²) in [5.74, 6) is 0. The van der Waals surface area contributed by atoms with Gasteiger partial charge in [0, 0.05) is 25.8 Å². The van der Waals surface area contributed by atoms with Crippen molar-refractivity contribution < 1.29 is 17.9 Å². The van der Waals surface area contributed by atoms with Crippen molar-refractivity contribution >= 4 is 33.2 Å². The van der Waals surface area contributed by atoms with E-state index in [2.05, 4.69) is 4.72 Å². The van der Waals surface area contributed by atoms with Crippen molar-refractivity contribution in [2.75, 3.05) is 27.4 Å². The molecule has 1 atom stereocenters. The van der Waals surface area contributed by atoms with Crippen LogP contribution in [-0.2, 0) is 19.5 Å². The highest BCUT2D eigenvalue weighted by atomic mass is 35.5. The quantitative estimate of drug-likeness (QED) is 0.816. The molecule has 1 aromatic rings. The lowest BCUT2D eigenvalue weighted by Gasteiger charge is -2.27. The summed E-state index contributed by atoms with van der Waals surface area (Å²) in [6.07, 6.45) is 0. The molecule has 8 heteroatoms. The summed E-state index contributed by atoms with van der Waals surface area (Å²) in [5, 5.41) is 0.490. The average molecular weight is 356 g/mol. The zero-order valence-electron chi connectivity index (χ0n) is 12.4. The van der Waals surface area contributed by atoms with Crippen LogP contribution in [0, 0.1) is 6.92 Å². The molecule has 0 heterocycles. The maximum absolute atomic E-state index is 12.3. The largest absolute Gasteiger partial charge is 0.382 e. The van der Waals surface area contributed by atoms with Gasteiger partial charge in [0.2, 0.25) is 10.0 Å². The van der Waals surface area contributed by atoms with Gasteiger partial charge in [-0.15, -0.1) is 0 Å². The molecule has 0 saturated carbocycles. The van der Waals surface area contributed by atoms with Crippen LogP contribution < -0.4 is 4.72 Å². The highest BCUT2D eigenvalue weighted by molar-refractivity contribution is 7.89. The molecule has 1 aromatic carbocycles. The van der Waals surface area contributed by atoms with Crippen LogP contribution in [0.25, 0.3) is 0 Å². The fourth-order valence-electron chi connectivity index (χ4n) is 1.65. The second-order valence-corrected chi connectivity index (χ2v) is 7.49. The third kappa shape index (κ3) is 4.81. The van der Waals surface area contributed by atoms with Crippen molar-refractivity contribution in [2.24, 2.45) is 0 Å². The maximum Gasteiger partial charge on any atom is 0.242 e. The summed E-state index contributed by atoms with van der Waals surface area (Å²) >= 11 is 11.9. The van der Waals surface area contributed by atoms with Gasteiger partial charge in [0.1, 0.15) is 10.5 Å². The Hall–Kier alpha value is -0.370. The molecule has 1 rings (SSSR count). The molecule has 0 aromatic heterocycles. The van der Waals surface area contributed by atoms with Crippen molar-refractivity contribution in [3.63, 3.8) is 0 Å². The van der Waals surface area contributed by atoms with Crippen molar-refractivity contribution in [3.05, 3.63) is 27.7 Å². The molecule has 0 saturated heterocycles. The lowest BCUT2D eigenvalue weighted by Crippen LogP contribution is -2.45. The van der Waals surface area contributed by atoms with Gasteiger partial charge in [0.25, 0.3) is 0 Å². The molecule has 0 aliphatic heterocycles. The number of aryl methyl sites for hydroxylation is 1. The summed E-state index contributed by atoms with van der Waals surface area (Å²) < 4.78 is 37.5. The lowest BCUT2D eigenvalue weighted by atomic mass is 10.1. The van der Waals surface area contributed by atoms with Crippen molar-refractivity contribution in [1.29, 1.82) is 0 Å². The molecular formula is C13H19Cl2NO4S. The lowest BCUT2D eigenvalue weighted by molar-refractivity contribution is -0.0460. The number of rotatable bonds is 7. The summed E-state index contributed by atoms with van der Waals surface area (Å²) in [7, 11) is -0.756. The Kier molecular flexibility index (Phi) is 6.46. The number of methoxy groups -OCH3 is 2. The Bertz CT molecular complexity index is 606. The number of nitrogens with one attached hydrogen (secondary N) is 1. The number of benzene rings is 1. The Balaban J connectivity index is 3.00. The highest BCUT2D eigenvalue weighted by Gasteiger charge is 2.28. The summed E-state index contributed by atoms with van der Waals surface area (Å²) in [6, 6.07) is 2.85. The number of hydrogen-bond acceptors (Lipinski definition) is 4. The summed E-state index contributed by atoms with van der Waals surface area (Å²) in [4.78, 5) is -0.0121. The van der Waals surface area contributed by atoms with Gasteiger partial charge in [-0.25, -0.2) is 13.1 Å². The molecule has 0 spiro atoms. The molecule has 120 valence electrons. The van der Waals surface area contributed by atoms with Crippen molar-refractivity contribution in [1.82, 2.24) is 4.72 Å². The number of halogens is 2. The molecule has 0 bridgehead atoms. The molecule has 5 nitrogen and oxygen atoms in total. The summed E-state index contributed by atoms with van der Waals surface area (Å²) in [5.41, 5.74) is -0.136. The minimum Gasteiger partial charge on any atom is -0.382 e. The van der Waals surface area contributed by atoms with Gasteiger partial charge in [-0.1, -0.05) is 23.2 Å². The minimum atomic E-state index is -3.77. The van der Waals surface area contributed by atoms with Crippen LogP contribution in [0.3, 0.4) is 0 Å². The number of ether oxygens (including phenoxy) is 2. The zero-order valence-corrected chi connectivity index (χ0v) is 14.7. The van der Waals surface area contributed by atoms with Gasteiger partial charge in [0.05, 0.1) is 11.6 Å². The van der Waals surface area contributed by atoms with Gasteiger partial charge >= 0.3 is 0 Å². The highest BCUT2D eigenvalue weighted by Crippen LogP contribution is 2.28. The van der Waals surface area contributed by atoms with Gasteiger partial charge in [-0.05, 0) is 31.5 Å². The van der Waals surface area contributed by atoms with Gasteiger partial charge in [0.15, 0.2) is 0 Å². The van der Waals surface area contributed by atoms with Crippen molar-refractivity contribution in [3.8, 4) is 0 Å². The van der Waals surface area contributed by atoms with Crippen LogP contribution in [0.1, 0.15) is 12.5 Å². The maximum atomic E-state index is 12.3. The third-order valence-electron chi connectivity index (χ3n) is 3.08. The number of sulfonamides is 1. The van der Waals surface area contributed by atoms with Gasteiger partial charge in [-0.2, -0.15) is 0 Å². The van der Waals surface area contributed by atoms with E-state index in [0.717, 1.165) is 0 Å². The van der Waals surface area contributed by atoms with E-state index in [4.69, 9.17) is 32.7 Å². The Labute approximate surface area is 135 Å². The van der Waals surface area contributed by atoms with Gasteiger partial charge < -0.3 is 9.47 Å². The first-order chi connectivity index (χ1) is 9.65. The molecule has 0 aliphatic rings. The minimum absolute atomic E-state index is 0.0121. The van der Waals surface area contributed by atoms with E-state index < -0.39 is 15.6 Å². The Morgan fingerprint density at radius 2 is 1.86 bits per heavy atom. The van der Waals surface area contributed by atoms with E-state index in [9.17, 15) is 8.42 Å². The van der Waals surface area contributed by atoms with Crippen LogP contribution in [-0.4, -0.2) is 41.4 Å². The van der Waals surface area contributed by atoms with E-state index >= 15 is 0 Å². The van der Waals surface area contributed by atoms with E-state index in [0.29, 0.717) is 10.6 Å². The molecular weight excluding hydrogens is 337 g/mol. The van der Waals surface area contributed by atoms with E-state index in [1.54, 1.807) is 13.8 Å². The molecule has 0 radical (unpaired) electrons. The normalized spacial score (nSPS) is 15.0. The third-order valence-corrected chi connectivity index (χ3v) is 5.35. The first-order valence-electron chi connectivity index (χ1n) is 6.14. The summed E-state index contributed by atoms with van der Waals surface area (Å²) in [6.45, 7) is 3.76. The predicted molar refractivity (Wildman–Crippen MR) is 83.7 cm³/mol. The molecule has 0 fully saturated rings. The Morgan fingerprint density at radius 3 is 2.38 bits per heavy atom. The molecule has 0 aliphatic carbocycles. The molecule has 21 heavy (non-hydrogen) atoms. The predicted octanol–water partition coefficient (Wildman–Crippen LogP) is 2.63. The first kappa shape index (κ1) is 18.7. The Morgan fingerprint density at radius 1 is 1.24 bits per heavy atom. The second-order valence-electron chi connectivity index (χ2n) is 4.94. The molecule has 1 unspecified atom stereocenters. The molecule has 0 amide bonds. The van der Waals surface area contributed by atoms with Crippen LogP contribution in [0.15, 0.2) is 17.0 Å². The van der Waals surface area contributed by atoms with Crippen LogP contribution in [0.4, 0.5) is 0 Å². The first-order valence-corrected chi connectivity index (χ1v) is 8.38. The second kappa shape index (κ2) is 7.26. The smallest absolute Gasteiger partial charge is 0.242 e. The fourth-order valence-corrected chi connectivity index (χ4v) is 3.64. The average Bonchev–Trinajstić information content (AvgIpc) is 2.41. The van der Waals surface area contributed by atoms with E-state index in [1.807, 2.05) is 0 Å². The SMILES string of the molecule is COCC(C)(CNS(=O)(=O)c1cc(C)c(Cl)cc1Cl)OC. The van der Waals surface area contributed by atoms with Crippen LogP contribution in [0.5, 0.6) is 0 Å². The topological polar surface area (TPSA) is 64.6 Å². The van der Waals surface area contributed by atoms with Crippen molar-refractivity contribution in [2.45, 2.75) is 24.3 Å². The zero-order chi connectivity index (χ0) is 16.3. The van der Waals surface area contributed by atoms with Crippen LogP contribution >= 0.6 is 23.2 Å². The standard InChI is InChI=1S/C13H19Cl2NO4S/c1-9-5-12(11(15)6-10(9)14)21(17,18)16-7-13(2,20-4)8-19-3/h5-6,16H,7-8H2,1-4H3. The van der Waals surface area contributed by atoms with E-state index in [1.165, 1.54) is 26.4 Å². The monoisotopic (exact) mass is 355 g/mol.